The SMILES string of the molecule is CCCNCc1ccc(N2CCC(N(C)C)CC2)nc1. The molecule has 1 saturated heterocycles. The van der Waals surface area contributed by atoms with E-state index in [0.29, 0.717) is 0 Å². The molecule has 1 aromatic rings. The Bertz CT molecular complexity index is 380. The van der Waals surface area contributed by atoms with Crippen LogP contribution in [-0.4, -0.2) is 49.7 Å². The second-order valence-electron chi connectivity index (χ2n) is 5.88. The smallest absolute Gasteiger partial charge is 0.128 e. The summed E-state index contributed by atoms with van der Waals surface area (Å²) in [6.07, 6.45) is 5.64. The van der Waals surface area contributed by atoms with Crippen LogP contribution < -0.4 is 10.2 Å². The third-order valence-electron chi connectivity index (χ3n) is 4.08. The lowest BCUT2D eigenvalue weighted by molar-refractivity contribution is 0.249. The molecule has 2 heterocycles. The zero-order valence-electron chi connectivity index (χ0n) is 13.1. The highest BCUT2D eigenvalue weighted by molar-refractivity contribution is 5.39. The largest absolute Gasteiger partial charge is 0.357 e. The second-order valence-corrected chi connectivity index (χ2v) is 5.88. The van der Waals surface area contributed by atoms with Gasteiger partial charge in [0.15, 0.2) is 0 Å². The van der Waals surface area contributed by atoms with Crippen molar-refractivity contribution < 1.29 is 0 Å². The summed E-state index contributed by atoms with van der Waals surface area (Å²) in [4.78, 5) is 9.37. The minimum absolute atomic E-state index is 0.726. The lowest BCUT2D eigenvalue weighted by Crippen LogP contribution is -2.42. The van der Waals surface area contributed by atoms with Gasteiger partial charge in [0.2, 0.25) is 0 Å². The van der Waals surface area contributed by atoms with Crippen molar-refractivity contribution in [2.45, 2.75) is 38.8 Å². The number of pyridine rings is 1. The predicted molar refractivity (Wildman–Crippen MR) is 85.2 cm³/mol. The molecule has 1 aliphatic rings. The van der Waals surface area contributed by atoms with E-state index in [1.165, 1.54) is 24.8 Å². The molecule has 0 bridgehead atoms. The Labute approximate surface area is 123 Å². The summed E-state index contributed by atoms with van der Waals surface area (Å²) in [5.74, 6) is 1.13. The normalized spacial score (nSPS) is 16.9. The van der Waals surface area contributed by atoms with Crippen LogP contribution in [-0.2, 0) is 6.54 Å². The van der Waals surface area contributed by atoms with Crippen molar-refractivity contribution >= 4 is 5.82 Å². The Balaban J connectivity index is 1.84. The van der Waals surface area contributed by atoms with Crippen molar-refractivity contribution in [3.8, 4) is 0 Å². The molecule has 1 N–H and O–H groups in total. The first-order valence-corrected chi connectivity index (χ1v) is 7.77. The molecule has 4 heteroatoms. The van der Waals surface area contributed by atoms with Gasteiger partial charge in [0.1, 0.15) is 5.82 Å². The van der Waals surface area contributed by atoms with Gasteiger partial charge in [-0.1, -0.05) is 13.0 Å². The van der Waals surface area contributed by atoms with E-state index in [-0.39, 0.29) is 0 Å². The molecule has 20 heavy (non-hydrogen) atoms. The van der Waals surface area contributed by atoms with Gasteiger partial charge in [-0.15, -0.1) is 0 Å². The Hall–Kier alpha value is -1.13. The highest BCUT2D eigenvalue weighted by Gasteiger charge is 2.21. The number of aromatic nitrogens is 1. The van der Waals surface area contributed by atoms with E-state index in [1.807, 2.05) is 6.20 Å². The van der Waals surface area contributed by atoms with Crippen LogP contribution in [0.25, 0.3) is 0 Å². The highest BCUT2D eigenvalue weighted by Crippen LogP contribution is 2.19. The average Bonchev–Trinajstić information content (AvgIpc) is 2.48. The highest BCUT2D eigenvalue weighted by atomic mass is 15.2. The first-order valence-electron chi connectivity index (χ1n) is 7.77. The van der Waals surface area contributed by atoms with Crippen LogP contribution in [0.3, 0.4) is 0 Å². The maximum atomic E-state index is 4.62. The van der Waals surface area contributed by atoms with E-state index in [9.17, 15) is 0 Å². The number of rotatable bonds is 6. The molecular formula is C16H28N4. The van der Waals surface area contributed by atoms with Crippen LogP contribution in [0.2, 0.25) is 0 Å². The van der Waals surface area contributed by atoms with Gasteiger partial charge in [0, 0.05) is 31.9 Å². The van der Waals surface area contributed by atoms with Gasteiger partial charge < -0.3 is 15.1 Å². The van der Waals surface area contributed by atoms with E-state index >= 15 is 0 Å². The van der Waals surface area contributed by atoms with E-state index < -0.39 is 0 Å². The van der Waals surface area contributed by atoms with Gasteiger partial charge in [0.25, 0.3) is 0 Å². The fourth-order valence-corrected chi connectivity index (χ4v) is 2.73. The van der Waals surface area contributed by atoms with Crippen LogP contribution in [0.4, 0.5) is 5.82 Å². The second kappa shape index (κ2) is 7.60. The first-order chi connectivity index (χ1) is 9.70. The van der Waals surface area contributed by atoms with Crippen molar-refractivity contribution in [2.75, 3.05) is 38.6 Å². The molecule has 0 radical (unpaired) electrons. The Morgan fingerprint density at radius 1 is 1.30 bits per heavy atom. The van der Waals surface area contributed by atoms with Crippen LogP contribution in [0.15, 0.2) is 18.3 Å². The van der Waals surface area contributed by atoms with Crippen molar-refractivity contribution in [2.24, 2.45) is 0 Å². The Kier molecular flexibility index (Phi) is 5.80. The van der Waals surface area contributed by atoms with Gasteiger partial charge >= 0.3 is 0 Å². The van der Waals surface area contributed by atoms with Gasteiger partial charge in [-0.2, -0.15) is 0 Å². The van der Waals surface area contributed by atoms with Crippen molar-refractivity contribution in [1.82, 2.24) is 15.2 Å². The lowest BCUT2D eigenvalue weighted by Gasteiger charge is -2.35. The molecule has 4 nitrogen and oxygen atoms in total. The molecule has 0 unspecified atom stereocenters. The summed E-state index contributed by atoms with van der Waals surface area (Å²) in [6, 6.07) is 5.09. The summed E-state index contributed by atoms with van der Waals surface area (Å²) < 4.78 is 0. The molecule has 0 atom stereocenters. The molecule has 1 aliphatic heterocycles. The molecule has 112 valence electrons. The summed E-state index contributed by atoms with van der Waals surface area (Å²) >= 11 is 0. The minimum Gasteiger partial charge on any atom is -0.357 e. The van der Waals surface area contributed by atoms with Crippen LogP contribution in [0, 0.1) is 0 Å². The van der Waals surface area contributed by atoms with Gasteiger partial charge in [-0.05, 0) is 51.5 Å². The molecule has 1 fully saturated rings. The van der Waals surface area contributed by atoms with Crippen LogP contribution in [0.1, 0.15) is 31.7 Å². The van der Waals surface area contributed by atoms with Crippen molar-refractivity contribution in [3.63, 3.8) is 0 Å². The predicted octanol–water partition coefficient (Wildman–Crippen LogP) is 2.11. The molecular weight excluding hydrogens is 248 g/mol. The van der Waals surface area contributed by atoms with Gasteiger partial charge in [-0.25, -0.2) is 4.98 Å². The fourth-order valence-electron chi connectivity index (χ4n) is 2.73. The van der Waals surface area contributed by atoms with E-state index in [0.717, 1.165) is 38.0 Å². The molecule has 0 aromatic carbocycles. The molecule has 0 amide bonds. The first kappa shape index (κ1) is 15.3. The van der Waals surface area contributed by atoms with E-state index in [1.54, 1.807) is 0 Å². The fraction of sp³-hybridized carbons (Fsp3) is 0.688. The van der Waals surface area contributed by atoms with E-state index in [2.05, 4.69) is 53.3 Å². The molecule has 2 rings (SSSR count). The third kappa shape index (κ3) is 4.18. The lowest BCUT2D eigenvalue weighted by atomic mass is 10.0. The monoisotopic (exact) mass is 276 g/mol. The molecule has 0 spiro atoms. The third-order valence-corrected chi connectivity index (χ3v) is 4.08. The standard InChI is InChI=1S/C16H28N4/c1-4-9-17-12-14-5-6-16(18-13-14)20-10-7-15(8-11-20)19(2)3/h5-6,13,15,17H,4,7-12H2,1-3H3. The van der Waals surface area contributed by atoms with E-state index in [4.69, 9.17) is 0 Å². The van der Waals surface area contributed by atoms with Gasteiger partial charge in [0.05, 0.1) is 0 Å². The summed E-state index contributed by atoms with van der Waals surface area (Å²) in [6.45, 7) is 6.40. The minimum atomic E-state index is 0.726. The number of hydrogen-bond acceptors (Lipinski definition) is 4. The Morgan fingerprint density at radius 2 is 2.05 bits per heavy atom. The Morgan fingerprint density at radius 3 is 2.60 bits per heavy atom. The summed E-state index contributed by atoms with van der Waals surface area (Å²) in [5.41, 5.74) is 1.27. The van der Waals surface area contributed by atoms with Crippen LogP contribution in [0.5, 0.6) is 0 Å². The number of piperidine rings is 1. The molecule has 1 aromatic heterocycles. The maximum absolute atomic E-state index is 4.62. The van der Waals surface area contributed by atoms with Crippen molar-refractivity contribution in [3.05, 3.63) is 23.9 Å². The number of hydrogen-bond donors (Lipinski definition) is 1. The van der Waals surface area contributed by atoms with Gasteiger partial charge in [-0.3, -0.25) is 0 Å². The summed E-state index contributed by atoms with van der Waals surface area (Å²) in [5, 5.41) is 3.41. The topological polar surface area (TPSA) is 31.4 Å². The summed E-state index contributed by atoms with van der Waals surface area (Å²) in [7, 11) is 4.35. The zero-order chi connectivity index (χ0) is 14.4. The molecule has 0 aliphatic carbocycles. The number of nitrogens with zero attached hydrogens (tertiary/aromatic N) is 3. The molecule has 0 saturated carbocycles. The quantitative estimate of drug-likeness (QED) is 0.806. The van der Waals surface area contributed by atoms with Crippen LogP contribution >= 0.6 is 0 Å². The maximum Gasteiger partial charge on any atom is 0.128 e. The number of anilines is 1. The zero-order valence-corrected chi connectivity index (χ0v) is 13.1. The average molecular weight is 276 g/mol. The van der Waals surface area contributed by atoms with Crippen molar-refractivity contribution in [1.29, 1.82) is 0 Å². The number of nitrogens with one attached hydrogen (secondary N) is 1.